The maximum atomic E-state index is 13.0. The molecule has 6 fully saturated rings. The molecule has 0 aromatic heterocycles. The molecule has 6 aliphatic heterocycles. The van der Waals surface area contributed by atoms with Crippen LogP contribution < -0.4 is 10.6 Å². The van der Waals surface area contributed by atoms with Crippen LogP contribution in [0.3, 0.4) is 0 Å². The van der Waals surface area contributed by atoms with Gasteiger partial charge in [-0.3, -0.25) is 9.59 Å². The lowest BCUT2D eigenvalue weighted by atomic mass is 9.93. The van der Waals surface area contributed by atoms with Crippen LogP contribution >= 0.6 is 0 Å². The number of ether oxygens (including phenoxy) is 11. The first kappa shape index (κ1) is 59.1. The van der Waals surface area contributed by atoms with Crippen molar-refractivity contribution in [2.45, 2.75) is 205 Å². The van der Waals surface area contributed by atoms with E-state index in [1.165, 1.54) is 6.92 Å². The Kier molecular flexibility index (Phi) is 20.8. The minimum atomic E-state index is -2.19. The fourth-order valence-electron chi connectivity index (χ4n) is 9.23. The molecule has 6 heterocycles. The smallest absolute Gasteiger partial charge is 0.217 e. The third-order valence-electron chi connectivity index (χ3n) is 13.2. The molecule has 0 aromatic rings. The van der Waals surface area contributed by atoms with Gasteiger partial charge < -0.3 is 150 Å². The average Bonchev–Trinajstić information content (AvgIpc) is 3.34. The van der Waals surface area contributed by atoms with Crippen molar-refractivity contribution in [1.29, 1.82) is 0 Å². The van der Waals surface area contributed by atoms with Gasteiger partial charge in [-0.15, -0.1) is 0 Å². The van der Waals surface area contributed by atoms with Crippen molar-refractivity contribution in [3.05, 3.63) is 0 Å². The fourth-order valence-corrected chi connectivity index (χ4v) is 9.23. The normalized spacial score (nSPS) is 50.3. The van der Waals surface area contributed by atoms with E-state index in [0.29, 0.717) is 0 Å². The quantitative estimate of drug-likeness (QED) is 0.0643. The van der Waals surface area contributed by atoms with Gasteiger partial charge >= 0.3 is 0 Å². The molecule has 32 heteroatoms. The van der Waals surface area contributed by atoms with Crippen LogP contribution in [0.2, 0.25) is 0 Å². The Bertz CT molecular complexity index is 1730. The monoisotopic (exact) mass is 1060 g/mol. The Morgan fingerprint density at radius 2 is 0.778 bits per heavy atom. The molecule has 0 bridgehead atoms. The second-order valence-electron chi connectivity index (χ2n) is 18.2. The number of hydrogen-bond acceptors (Lipinski definition) is 30. The van der Waals surface area contributed by atoms with Crippen LogP contribution in [-0.4, -0.2) is 316 Å². The number of aliphatic hydroxyl groups is 17. The first-order chi connectivity index (χ1) is 34.0. The van der Waals surface area contributed by atoms with E-state index in [0.717, 1.165) is 13.8 Å². The number of carbonyl (C=O) groups is 2. The van der Waals surface area contributed by atoms with Crippen molar-refractivity contribution in [3.63, 3.8) is 0 Å². The fraction of sp³-hybridized carbons (Fsp3) is 0.950. The maximum Gasteiger partial charge on any atom is 0.217 e. The molecule has 6 saturated heterocycles. The van der Waals surface area contributed by atoms with Crippen LogP contribution in [0.1, 0.15) is 20.8 Å². The summed E-state index contributed by atoms with van der Waals surface area (Å²) in [5.41, 5.74) is 0. The molecule has 0 spiro atoms. The second kappa shape index (κ2) is 25.3. The number of rotatable bonds is 17. The molecule has 6 aliphatic rings. The van der Waals surface area contributed by atoms with Crippen molar-refractivity contribution in [3.8, 4) is 0 Å². The predicted molar refractivity (Wildman–Crippen MR) is 221 cm³/mol. The highest BCUT2D eigenvalue weighted by atomic mass is 16.8. The summed E-state index contributed by atoms with van der Waals surface area (Å²) in [5.74, 6) is -1.69. The highest BCUT2D eigenvalue weighted by Crippen LogP contribution is 2.38. The summed E-state index contributed by atoms with van der Waals surface area (Å²) in [7, 11) is 0. The van der Waals surface area contributed by atoms with Gasteiger partial charge in [-0.1, -0.05) is 0 Å². The van der Waals surface area contributed by atoms with Gasteiger partial charge in [-0.05, 0) is 6.92 Å². The van der Waals surface area contributed by atoms with E-state index in [-0.39, 0.29) is 0 Å². The van der Waals surface area contributed by atoms with Crippen LogP contribution in [0.5, 0.6) is 0 Å². The third kappa shape index (κ3) is 12.5. The Morgan fingerprint density at radius 1 is 0.361 bits per heavy atom. The van der Waals surface area contributed by atoms with E-state index < -0.39 is 229 Å². The molecule has 0 saturated carbocycles. The van der Waals surface area contributed by atoms with Gasteiger partial charge in [0.2, 0.25) is 11.8 Å². The Labute approximate surface area is 408 Å². The number of hydrogen-bond donors (Lipinski definition) is 19. The van der Waals surface area contributed by atoms with Crippen molar-refractivity contribution in [2.75, 3.05) is 33.0 Å². The van der Waals surface area contributed by atoms with E-state index in [4.69, 9.17) is 52.1 Å². The summed E-state index contributed by atoms with van der Waals surface area (Å²) in [4.78, 5) is 25.3. The van der Waals surface area contributed by atoms with Gasteiger partial charge in [0.25, 0.3) is 0 Å². The second-order valence-corrected chi connectivity index (χ2v) is 18.2. The topological polar surface area (TPSA) is 504 Å². The molecule has 0 aliphatic carbocycles. The molecule has 19 N–H and O–H groups in total. The van der Waals surface area contributed by atoms with Crippen LogP contribution in [0.4, 0.5) is 0 Å². The van der Waals surface area contributed by atoms with E-state index in [2.05, 4.69) is 10.6 Å². The van der Waals surface area contributed by atoms with Gasteiger partial charge in [-0.2, -0.15) is 0 Å². The first-order valence-corrected chi connectivity index (χ1v) is 23.0. The Morgan fingerprint density at radius 3 is 1.33 bits per heavy atom. The molecular formula is C40H68N2O30. The zero-order valence-electron chi connectivity index (χ0n) is 38.8. The lowest BCUT2D eigenvalue weighted by molar-refractivity contribution is -0.401. The Balaban J connectivity index is 1.37. The largest absolute Gasteiger partial charge is 0.394 e. The maximum absolute atomic E-state index is 13.0. The highest BCUT2D eigenvalue weighted by molar-refractivity contribution is 5.73. The molecular weight excluding hydrogens is 988 g/mol. The molecule has 0 radical (unpaired) electrons. The third-order valence-corrected chi connectivity index (χ3v) is 13.2. The molecule has 2 amide bonds. The van der Waals surface area contributed by atoms with Gasteiger partial charge in [-0.25, -0.2) is 0 Å². The molecule has 30 atom stereocenters. The summed E-state index contributed by atoms with van der Waals surface area (Å²) < 4.78 is 64.1. The highest BCUT2D eigenvalue weighted by Gasteiger charge is 2.59. The lowest BCUT2D eigenvalue weighted by Gasteiger charge is -2.52. The SMILES string of the molecule is CC(=O)N[C@H]1[C@@H](O[C@H]2[C@@H](O)[C@@H](CO)O[C@@H](O[C@H]3[C@H](O)[C@@H](CO)O[C@@H](O[C@H]4[C@@H](O)[C@@H](CO)O[C@@H](O[C@H]5[C@H](O)[C@@H](O)[C@H](O)O[C@@H]5CO)[C@@H]4O)[C@@H]3NC(C)=O)[C@@H]2O[C@@H]2O[C@@H](C)[C@@H](O)[C@@H](O)[C@@H]2O)O[C@H](CO)[C@@H](O)[C@@H]1O. The predicted octanol–water partition coefficient (Wildman–Crippen LogP) is -12.8. The molecule has 0 unspecified atom stereocenters. The lowest BCUT2D eigenvalue weighted by Crippen LogP contribution is -2.71. The van der Waals surface area contributed by atoms with E-state index >= 15 is 0 Å². The molecule has 0 aromatic carbocycles. The molecule has 6 rings (SSSR count). The van der Waals surface area contributed by atoms with Gasteiger partial charge in [0.15, 0.2) is 37.7 Å². The standard InChI is InChI=1S/C40H68N2O30/c1-9-19(50)25(56)28(59)38(62-9)72-34-33(71-36-17(41-10(2)48)24(55)20(51)12(4-43)64-36)23(54)15(7-46)67-40(34)69-31-18(42-11(3)49)37(65-13(5-44)21(31)52)70-32-22(53)14(6-45)66-39(29(32)60)68-30-16(8-47)63-35(61)27(58)26(30)57/h9,12-40,43-47,50-61H,4-8H2,1-3H3,(H,41,48)(H,42,49)/t9-,12+,13+,14+,15+,16+,17+,18+,19+,20+,21+,22-,23-,24+,25+,26+,27+,28-,29+,30+,31+,32-,33-,34+,35+,36+,37-,38-,39-,40-/m0/s1. The molecule has 418 valence electrons. The van der Waals surface area contributed by atoms with Crippen molar-refractivity contribution < 1.29 is 149 Å². The van der Waals surface area contributed by atoms with Crippen molar-refractivity contribution in [1.82, 2.24) is 10.6 Å². The van der Waals surface area contributed by atoms with Crippen LogP contribution in [0.15, 0.2) is 0 Å². The molecule has 32 nitrogen and oxygen atoms in total. The number of nitrogens with one attached hydrogen (secondary N) is 2. The van der Waals surface area contributed by atoms with Crippen molar-refractivity contribution >= 4 is 11.8 Å². The van der Waals surface area contributed by atoms with Crippen LogP contribution in [0.25, 0.3) is 0 Å². The van der Waals surface area contributed by atoms with Gasteiger partial charge in [0.05, 0.1) is 39.1 Å². The van der Waals surface area contributed by atoms with Crippen LogP contribution in [-0.2, 0) is 61.7 Å². The van der Waals surface area contributed by atoms with E-state index in [9.17, 15) is 96.4 Å². The van der Waals surface area contributed by atoms with Gasteiger partial charge in [0.1, 0.15) is 140 Å². The van der Waals surface area contributed by atoms with Gasteiger partial charge in [0, 0.05) is 13.8 Å². The summed E-state index contributed by atoms with van der Waals surface area (Å²) in [6.07, 6.45) is -53.5. The number of amides is 2. The summed E-state index contributed by atoms with van der Waals surface area (Å²) in [6, 6.07) is -3.54. The van der Waals surface area contributed by atoms with E-state index in [1.807, 2.05) is 0 Å². The minimum absolute atomic E-state index is 0.794. The minimum Gasteiger partial charge on any atom is -0.394 e. The zero-order chi connectivity index (χ0) is 53.2. The first-order valence-electron chi connectivity index (χ1n) is 23.0. The molecule has 72 heavy (non-hydrogen) atoms. The zero-order valence-corrected chi connectivity index (χ0v) is 38.8. The summed E-state index contributed by atoms with van der Waals surface area (Å²) in [5, 5.41) is 187. The number of aliphatic hydroxyl groups excluding tert-OH is 17. The van der Waals surface area contributed by atoms with Crippen LogP contribution in [0, 0.1) is 0 Å². The Hall–Kier alpha value is -2.18. The summed E-state index contributed by atoms with van der Waals surface area (Å²) >= 11 is 0. The average molecular weight is 1060 g/mol. The van der Waals surface area contributed by atoms with E-state index in [1.54, 1.807) is 0 Å². The van der Waals surface area contributed by atoms with Crippen molar-refractivity contribution in [2.24, 2.45) is 0 Å². The number of carbonyl (C=O) groups excluding carboxylic acids is 2. The summed E-state index contributed by atoms with van der Waals surface area (Å²) in [6.45, 7) is -1.67.